The summed E-state index contributed by atoms with van der Waals surface area (Å²) < 4.78 is 0. The predicted molar refractivity (Wildman–Crippen MR) is 56.7 cm³/mol. The number of fused-ring (bicyclic) bond motifs is 2. The minimum Gasteiger partial charge on any atom is -0.374 e. The first-order chi connectivity index (χ1) is 7.33. The zero-order chi connectivity index (χ0) is 10.3. The maximum Gasteiger partial charge on any atom is 0.243 e. The van der Waals surface area contributed by atoms with Gasteiger partial charge in [0.05, 0.1) is 30.3 Å². The summed E-state index contributed by atoms with van der Waals surface area (Å²) in [5, 5.41) is 15.4. The van der Waals surface area contributed by atoms with Crippen LogP contribution in [0.15, 0.2) is 24.5 Å². The number of carbonyl (C=O) groups is 1. The summed E-state index contributed by atoms with van der Waals surface area (Å²) in [7, 11) is 0. The lowest BCUT2D eigenvalue weighted by atomic mass is 10.1. The Labute approximate surface area is 85.5 Å². The van der Waals surface area contributed by atoms with Crippen LogP contribution >= 0.6 is 0 Å². The first kappa shape index (κ1) is 8.16. The summed E-state index contributed by atoms with van der Waals surface area (Å²) in [4.78, 5) is 11.2. The van der Waals surface area contributed by atoms with Gasteiger partial charge in [-0.05, 0) is 12.1 Å². The zero-order valence-corrected chi connectivity index (χ0v) is 7.82. The molecule has 0 unspecified atom stereocenters. The molecule has 2 N–H and O–H groups in total. The number of aromatic nitrogens is 2. The molecule has 1 aliphatic heterocycles. The Balaban J connectivity index is 2.24. The molecule has 5 heteroatoms. The van der Waals surface area contributed by atoms with E-state index in [1.807, 2.05) is 12.1 Å². The van der Waals surface area contributed by atoms with Crippen molar-refractivity contribution in [2.45, 2.75) is 0 Å². The van der Waals surface area contributed by atoms with Gasteiger partial charge in [-0.3, -0.25) is 4.79 Å². The van der Waals surface area contributed by atoms with Crippen molar-refractivity contribution in [2.24, 2.45) is 0 Å². The molecule has 15 heavy (non-hydrogen) atoms. The third-order valence-electron chi connectivity index (χ3n) is 2.40. The minimum absolute atomic E-state index is 0.0242. The summed E-state index contributed by atoms with van der Waals surface area (Å²) in [6.07, 6.45) is 3.38. The van der Waals surface area contributed by atoms with Crippen LogP contribution in [0.2, 0.25) is 0 Å². The van der Waals surface area contributed by atoms with E-state index in [2.05, 4.69) is 20.8 Å². The summed E-state index contributed by atoms with van der Waals surface area (Å²) in [5.41, 5.74) is 1.72. The van der Waals surface area contributed by atoms with Crippen LogP contribution in [0.3, 0.4) is 0 Å². The van der Waals surface area contributed by atoms with Gasteiger partial charge in [0, 0.05) is 10.8 Å². The van der Waals surface area contributed by atoms with Crippen molar-refractivity contribution < 1.29 is 4.79 Å². The summed E-state index contributed by atoms with van der Waals surface area (Å²) >= 11 is 0. The molecule has 1 aromatic heterocycles. The van der Waals surface area contributed by atoms with E-state index in [0.29, 0.717) is 6.54 Å². The number of anilines is 2. The first-order valence-corrected chi connectivity index (χ1v) is 4.61. The Morgan fingerprint density at radius 2 is 1.73 bits per heavy atom. The molecular formula is C10H8N4O. The van der Waals surface area contributed by atoms with E-state index in [9.17, 15) is 4.79 Å². The van der Waals surface area contributed by atoms with Crippen molar-refractivity contribution in [1.29, 1.82) is 0 Å². The third-order valence-corrected chi connectivity index (χ3v) is 2.40. The number of nitrogens with zero attached hydrogens (tertiary/aromatic N) is 2. The van der Waals surface area contributed by atoms with Crippen molar-refractivity contribution in [3.63, 3.8) is 0 Å². The topological polar surface area (TPSA) is 66.9 Å². The molecule has 0 bridgehead atoms. The van der Waals surface area contributed by atoms with Gasteiger partial charge >= 0.3 is 0 Å². The second-order valence-corrected chi connectivity index (χ2v) is 3.42. The van der Waals surface area contributed by atoms with Crippen LogP contribution in [-0.4, -0.2) is 22.6 Å². The molecule has 0 fully saturated rings. The maximum absolute atomic E-state index is 11.2. The van der Waals surface area contributed by atoms with Crippen LogP contribution in [0.5, 0.6) is 0 Å². The van der Waals surface area contributed by atoms with Gasteiger partial charge in [0.15, 0.2) is 0 Å². The van der Waals surface area contributed by atoms with E-state index in [-0.39, 0.29) is 5.91 Å². The van der Waals surface area contributed by atoms with Gasteiger partial charge < -0.3 is 10.6 Å². The van der Waals surface area contributed by atoms with Crippen LogP contribution in [0.4, 0.5) is 11.4 Å². The van der Waals surface area contributed by atoms with E-state index in [1.165, 1.54) is 0 Å². The first-order valence-electron chi connectivity index (χ1n) is 4.61. The highest BCUT2D eigenvalue weighted by molar-refractivity contribution is 6.04. The van der Waals surface area contributed by atoms with Crippen molar-refractivity contribution in [2.75, 3.05) is 17.2 Å². The van der Waals surface area contributed by atoms with Gasteiger partial charge in [-0.1, -0.05) is 0 Å². The van der Waals surface area contributed by atoms with E-state index < -0.39 is 0 Å². The highest BCUT2D eigenvalue weighted by Crippen LogP contribution is 2.29. The average molecular weight is 200 g/mol. The van der Waals surface area contributed by atoms with E-state index in [1.54, 1.807) is 12.4 Å². The van der Waals surface area contributed by atoms with Crippen LogP contribution in [0, 0.1) is 0 Å². The fourth-order valence-corrected chi connectivity index (χ4v) is 1.67. The van der Waals surface area contributed by atoms with Gasteiger partial charge in [0.2, 0.25) is 5.91 Å². The molecule has 74 valence electrons. The van der Waals surface area contributed by atoms with Crippen molar-refractivity contribution in [3.05, 3.63) is 24.5 Å². The van der Waals surface area contributed by atoms with Crippen LogP contribution in [0.1, 0.15) is 0 Å². The van der Waals surface area contributed by atoms with Crippen molar-refractivity contribution in [1.82, 2.24) is 10.2 Å². The lowest BCUT2D eigenvalue weighted by molar-refractivity contribution is -0.114. The van der Waals surface area contributed by atoms with E-state index >= 15 is 0 Å². The fourth-order valence-electron chi connectivity index (χ4n) is 1.67. The van der Waals surface area contributed by atoms with Gasteiger partial charge in [-0.2, -0.15) is 10.2 Å². The fraction of sp³-hybridized carbons (Fsp3) is 0.100. The molecule has 0 saturated heterocycles. The summed E-state index contributed by atoms with van der Waals surface area (Å²) in [6.45, 7) is 0.316. The molecule has 0 atom stereocenters. The number of nitrogens with one attached hydrogen (secondary N) is 2. The lowest BCUT2D eigenvalue weighted by Gasteiger charge is -2.18. The number of amides is 1. The maximum atomic E-state index is 11.2. The zero-order valence-electron chi connectivity index (χ0n) is 7.82. The molecule has 2 aromatic rings. The SMILES string of the molecule is O=C1CNc2cc3cnncc3cc2N1. The summed E-state index contributed by atoms with van der Waals surface area (Å²) in [5.74, 6) is -0.0242. The predicted octanol–water partition coefficient (Wildman–Crippen LogP) is 0.994. The molecule has 1 aromatic carbocycles. The van der Waals surface area contributed by atoms with E-state index in [0.717, 1.165) is 22.1 Å². The van der Waals surface area contributed by atoms with Gasteiger partial charge in [0.1, 0.15) is 0 Å². The van der Waals surface area contributed by atoms with Crippen LogP contribution in [-0.2, 0) is 4.79 Å². The lowest BCUT2D eigenvalue weighted by Crippen LogP contribution is -2.27. The van der Waals surface area contributed by atoms with Crippen LogP contribution < -0.4 is 10.6 Å². The van der Waals surface area contributed by atoms with E-state index in [4.69, 9.17) is 0 Å². The average Bonchev–Trinajstić information content (AvgIpc) is 2.26. The van der Waals surface area contributed by atoms with Gasteiger partial charge in [-0.15, -0.1) is 0 Å². The molecule has 1 aliphatic rings. The molecule has 0 aliphatic carbocycles. The number of rotatable bonds is 0. The third kappa shape index (κ3) is 1.28. The normalized spacial score (nSPS) is 14.3. The van der Waals surface area contributed by atoms with Crippen molar-refractivity contribution in [3.8, 4) is 0 Å². The number of benzene rings is 1. The Hall–Kier alpha value is -2.17. The molecule has 3 rings (SSSR count). The highest BCUT2D eigenvalue weighted by Gasteiger charge is 2.14. The Bertz CT molecular complexity index is 552. The number of hydrogen-bond acceptors (Lipinski definition) is 4. The Morgan fingerprint density at radius 1 is 1.07 bits per heavy atom. The largest absolute Gasteiger partial charge is 0.374 e. The van der Waals surface area contributed by atoms with Gasteiger partial charge in [0.25, 0.3) is 0 Å². The molecule has 0 radical (unpaired) electrons. The quantitative estimate of drug-likeness (QED) is 0.665. The molecule has 1 amide bonds. The molecular weight excluding hydrogens is 192 g/mol. The summed E-state index contributed by atoms with van der Waals surface area (Å²) in [6, 6.07) is 3.85. The second-order valence-electron chi connectivity index (χ2n) is 3.42. The monoisotopic (exact) mass is 200 g/mol. The Kier molecular flexibility index (Phi) is 1.58. The smallest absolute Gasteiger partial charge is 0.243 e. The number of hydrogen-bond donors (Lipinski definition) is 2. The van der Waals surface area contributed by atoms with Gasteiger partial charge in [-0.25, -0.2) is 0 Å². The second kappa shape index (κ2) is 2.91. The Morgan fingerprint density at radius 3 is 2.47 bits per heavy atom. The van der Waals surface area contributed by atoms with Crippen LogP contribution in [0.25, 0.3) is 10.8 Å². The minimum atomic E-state index is -0.0242. The molecule has 0 saturated carbocycles. The highest BCUT2D eigenvalue weighted by atomic mass is 16.2. The standard InChI is InChI=1S/C10H8N4O/c15-10-5-11-8-1-6-3-12-13-4-7(6)2-9(8)14-10/h1-4,11H,5H2,(H,14,15). The van der Waals surface area contributed by atoms with Crippen molar-refractivity contribution >= 4 is 28.1 Å². The molecule has 0 spiro atoms. The molecule has 5 nitrogen and oxygen atoms in total. The number of carbonyl (C=O) groups excluding carboxylic acids is 1. The molecule has 2 heterocycles.